The Hall–Kier alpha value is -2.14. The third kappa shape index (κ3) is 3.47. The lowest BCUT2D eigenvalue weighted by Crippen LogP contribution is -2.37. The molecule has 2 aromatic rings. The summed E-state index contributed by atoms with van der Waals surface area (Å²) >= 11 is 0. The van der Waals surface area contributed by atoms with Crippen molar-refractivity contribution in [1.29, 1.82) is 0 Å². The van der Waals surface area contributed by atoms with Gasteiger partial charge in [0.15, 0.2) is 0 Å². The molecule has 5 heteroatoms. The van der Waals surface area contributed by atoms with Crippen LogP contribution in [0.25, 0.3) is 0 Å². The van der Waals surface area contributed by atoms with Crippen molar-refractivity contribution in [2.75, 3.05) is 13.1 Å². The molecule has 1 fully saturated rings. The van der Waals surface area contributed by atoms with Crippen molar-refractivity contribution in [3.8, 4) is 0 Å². The first-order valence-corrected chi connectivity index (χ1v) is 8.52. The van der Waals surface area contributed by atoms with Crippen LogP contribution in [-0.4, -0.2) is 44.9 Å². The molecular weight excluding hydrogens is 314 g/mol. The number of carbonyl (C=O) groups excluding carboxylic acids is 1. The molecule has 0 bridgehead atoms. The summed E-state index contributed by atoms with van der Waals surface area (Å²) in [6.07, 6.45) is 7.98. The van der Waals surface area contributed by atoms with Crippen LogP contribution in [0.1, 0.15) is 21.7 Å². The van der Waals surface area contributed by atoms with Gasteiger partial charge in [0.25, 0.3) is 5.91 Å². The molecule has 1 atom stereocenters. The molecule has 0 spiro atoms. The fraction of sp³-hybridized carbons (Fsp3) is 0.250. The average molecular weight is 334 g/mol. The van der Waals surface area contributed by atoms with Gasteiger partial charge in [0, 0.05) is 19.0 Å². The zero-order valence-corrected chi connectivity index (χ0v) is 13.9. The highest BCUT2D eigenvalue weighted by Crippen LogP contribution is 2.30. The third-order valence-electron chi connectivity index (χ3n) is 4.57. The smallest absolute Gasteiger partial charge is 0.272 e. The van der Waals surface area contributed by atoms with Gasteiger partial charge in [-0.3, -0.25) is 9.48 Å². The van der Waals surface area contributed by atoms with Crippen LogP contribution < -0.4 is 0 Å². The Kier molecular flexibility index (Phi) is 4.57. The highest BCUT2D eigenvalue weighted by Gasteiger charge is 2.30. The fourth-order valence-corrected chi connectivity index (χ4v) is 3.27. The van der Waals surface area contributed by atoms with E-state index >= 15 is 0 Å². The number of amides is 1. The molecule has 0 unspecified atom stereocenters. The van der Waals surface area contributed by atoms with E-state index in [1.807, 2.05) is 49.9 Å². The van der Waals surface area contributed by atoms with Gasteiger partial charge in [0.2, 0.25) is 0 Å². The Morgan fingerprint density at radius 2 is 1.88 bits per heavy atom. The Morgan fingerprint density at radius 3 is 2.64 bits per heavy atom. The minimum absolute atomic E-state index is 0.0715. The maximum atomic E-state index is 12.9. The molecule has 1 aliphatic heterocycles. The van der Waals surface area contributed by atoms with Crippen LogP contribution in [0.2, 0.25) is 0 Å². The molecule has 5 radical (unpaired) electrons. The molecule has 1 amide bonds. The SMILES string of the molecule is O=C1c2cc([C]3[CH][CH][CH][CH]3)nn2C[C@@H](O)CN1CCc1ccccc1. The van der Waals surface area contributed by atoms with E-state index in [0.29, 0.717) is 25.3 Å². The summed E-state index contributed by atoms with van der Waals surface area (Å²) in [7, 11) is 0. The van der Waals surface area contributed by atoms with Crippen LogP contribution in [0, 0.1) is 31.6 Å². The summed E-state index contributed by atoms with van der Waals surface area (Å²) in [5, 5.41) is 14.8. The summed E-state index contributed by atoms with van der Waals surface area (Å²) in [6, 6.07) is 11.9. The Morgan fingerprint density at radius 1 is 1.12 bits per heavy atom. The Bertz CT molecular complexity index is 735. The molecule has 127 valence electrons. The van der Waals surface area contributed by atoms with Crippen molar-refractivity contribution in [3.05, 3.63) is 85.0 Å². The number of benzene rings is 1. The van der Waals surface area contributed by atoms with E-state index in [2.05, 4.69) is 17.2 Å². The molecule has 1 aromatic heterocycles. The Balaban J connectivity index is 1.53. The second-order valence-corrected chi connectivity index (χ2v) is 6.41. The van der Waals surface area contributed by atoms with Crippen molar-refractivity contribution in [2.45, 2.75) is 19.1 Å². The number of carbonyl (C=O) groups is 1. The van der Waals surface area contributed by atoms with Gasteiger partial charge in [-0.25, -0.2) is 0 Å². The summed E-state index contributed by atoms with van der Waals surface area (Å²) in [5.41, 5.74) is 2.49. The number of nitrogens with zero attached hydrogens (tertiary/aromatic N) is 3. The van der Waals surface area contributed by atoms with Gasteiger partial charge in [-0.2, -0.15) is 5.10 Å². The van der Waals surface area contributed by atoms with Crippen LogP contribution >= 0.6 is 0 Å². The minimum atomic E-state index is -0.617. The lowest BCUT2D eigenvalue weighted by Gasteiger charge is -2.22. The number of aromatic nitrogens is 2. The van der Waals surface area contributed by atoms with Crippen LogP contribution in [0.15, 0.2) is 36.4 Å². The van der Waals surface area contributed by atoms with Gasteiger partial charge >= 0.3 is 0 Å². The molecule has 2 heterocycles. The second kappa shape index (κ2) is 7.00. The molecular formula is C20H20N3O2. The fourth-order valence-electron chi connectivity index (χ4n) is 3.27. The highest BCUT2D eigenvalue weighted by atomic mass is 16.3. The summed E-state index contributed by atoms with van der Waals surface area (Å²) in [5.74, 6) is 0.913. The summed E-state index contributed by atoms with van der Waals surface area (Å²) in [4.78, 5) is 14.7. The van der Waals surface area contributed by atoms with E-state index in [4.69, 9.17) is 0 Å². The van der Waals surface area contributed by atoms with E-state index in [0.717, 1.165) is 18.0 Å². The number of rotatable bonds is 4. The minimum Gasteiger partial charge on any atom is -0.389 e. The normalized spacial score (nSPS) is 21.4. The lowest BCUT2D eigenvalue weighted by atomic mass is 10.0. The van der Waals surface area contributed by atoms with Gasteiger partial charge < -0.3 is 10.0 Å². The van der Waals surface area contributed by atoms with Crippen LogP contribution in [-0.2, 0) is 13.0 Å². The van der Waals surface area contributed by atoms with E-state index in [1.165, 1.54) is 5.56 Å². The predicted octanol–water partition coefficient (Wildman–Crippen LogP) is 1.70. The molecule has 1 saturated carbocycles. The molecule has 2 aliphatic rings. The Labute approximate surface area is 148 Å². The molecule has 1 aromatic carbocycles. The number of fused-ring (bicyclic) bond motifs is 1. The average Bonchev–Trinajstić information content (AvgIpc) is 3.26. The zero-order valence-electron chi connectivity index (χ0n) is 13.9. The molecule has 1 aliphatic carbocycles. The first-order valence-electron chi connectivity index (χ1n) is 8.52. The van der Waals surface area contributed by atoms with Gasteiger partial charge in [-0.05, 0) is 43.7 Å². The molecule has 5 nitrogen and oxygen atoms in total. The van der Waals surface area contributed by atoms with E-state index < -0.39 is 6.10 Å². The van der Waals surface area contributed by atoms with Gasteiger partial charge in [0.1, 0.15) is 5.69 Å². The number of aliphatic hydroxyl groups is 1. The standard InChI is InChI=1S/C20H20N3O2/c24-17-13-22(11-10-15-6-2-1-3-7-15)20(25)19-12-18(21-23(19)14-17)16-8-4-5-9-16/h1-9,12,17,24H,10-11,13-14H2/t17-/m0/s1. The summed E-state index contributed by atoms with van der Waals surface area (Å²) in [6.45, 7) is 1.25. The maximum absolute atomic E-state index is 12.9. The zero-order chi connectivity index (χ0) is 17.2. The third-order valence-corrected chi connectivity index (χ3v) is 4.57. The number of aliphatic hydroxyl groups excluding tert-OH is 1. The van der Waals surface area contributed by atoms with Gasteiger partial charge in [0.05, 0.1) is 18.3 Å². The monoisotopic (exact) mass is 334 g/mol. The van der Waals surface area contributed by atoms with Crippen molar-refractivity contribution < 1.29 is 9.90 Å². The molecule has 4 rings (SSSR count). The van der Waals surface area contributed by atoms with Gasteiger partial charge in [-0.1, -0.05) is 30.3 Å². The highest BCUT2D eigenvalue weighted by molar-refractivity contribution is 5.93. The van der Waals surface area contributed by atoms with E-state index in [1.54, 1.807) is 9.58 Å². The van der Waals surface area contributed by atoms with Crippen LogP contribution in [0.3, 0.4) is 0 Å². The summed E-state index contributed by atoms with van der Waals surface area (Å²) < 4.78 is 1.64. The van der Waals surface area contributed by atoms with Crippen molar-refractivity contribution in [2.24, 2.45) is 0 Å². The second-order valence-electron chi connectivity index (χ2n) is 6.41. The number of β-amino-alcohol motifs (C(OH)–C–C–N with tert-alkyl or cyclic N) is 1. The maximum Gasteiger partial charge on any atom is 0.272 e. The van der Waals surface area contributed by atoms with Crippen LogP contribution in [0.5, 0.6) is 0 Å². The first-order chi connectivity index (χ1) is 12.2. The first kappa shape index (κ1) is 16.3. The van der Waals surface area contributed by atoms with E-state index in [9.17, 15) is 9.90 Å². The van der Waals surface area contributed by atoms with Crippen molar-refractivity contribution in [3.63, 3.8) is 0 Å². The lowest BCUT2D eigenvalue weighted by molar-refractivity contribution is 0.0648. The molecule has 0 saturated heterocycles. The van der Waals surface area contributed by atoms with E-state index in [-0.39, 0.29) is 5.91 Å². The van der Waals surface area contributed by atoms with Crippen molar-refractivity contribution >= 4 is 5.91 Å². The quantitative estimate of drug-likeness (QED) is 0.926. The predicted molar refractivity (Wildman–Crippen MR) is 93.8 cm³/mol. The van der Waals surface area contributed by atoms with Crippen molar-refractivity contribution in [1.82, 2.24) is 14.7 Å². The molecule has 1 N–H and O–H groups in total. The largest absolute Gasteiger partial charge is 0.389 e. The van der Waals surface area contributed by atoms with Crippen LogP contribution in [0.4, 0.5) is 0 Å². The van der Waals surface area contributed by atoms with Gasteiger partial charge in [-0.15, -0.1) is 0 Å². The molecule has 25 heavy (non-hydrogen) atoms. The number of hydrogen-bond acceptors (Lipinski definition) is 3. The number of hydrogen-bond donors (Lipinski definition) is 1. The topological polar surface area (TPSA) is 58.4 Å².